The fourth-order valence-electron chi connectivity index (χ4n) is 2.96. The van der Waals surface area contributed by atoms with E-state index in [2.05, 4.69) is 21.2 Å². The minimum atomic E-state index is -0.255. The van der Waals surface area contributed by atoms with Gasteiger partial charge in [0.05, 0.1) is 16.7 Å². The fourth-order valence-corrected chi connectivity index (χ4v) is 3.35. The first kappa shape index (κ1) is 15.7. The highest BCUT2D eigenvalue weighted by Crippen LogP contribution is 2.21. The largest absolute Gasteiger partial charge is 0.324 e. The van der Waals surface area contributed by atoms with Crippen LogP contribution in [0.4, 0.5) is 5.69 Å². The highest BCUT2D eigenvalue weighted by molar-refractivity contribution is 9.10. The van der Waals surface area contributed by atoms with Gasteiger partial charge in [0, 0.05) is 10.7 Å². The van der Waals surface area contributed by atoms with Gasteiger partial charge in [0.2, 0.25) is 5.91 Å². The fraction of sp³-hybridized carbons (Fsp3) is 0.0526. The average Bonchev–Trinajstić information content (AvgIpc) is 3.11. The molecule has 0 fully saturated rings. The molecule has 4 aromatic rings. The molecule has 0 aliphatic carbocycles. The summed E-state index contributed by atoms with van der Waals surface area (Å²) >= 11 is 3.41. The number of nitrogens with one attached hydrogen (secondary N) is 1. The van der Waals surface area contributed by atoms with E-state index in [-0.39, 0.29) is 18.0 Å². The Morgan fingerprint density at radius 3 is 2.40 bits per heavy atom. The zero-order valence-electron chi connectivity index (χ0n) is 13.1. The van der Waals surface area contributed by atoms with Crippen LogP contribution in [0.25, 0.3) is 16.6 Å². The second-order valence-corrected chi connectivity index (χ2v) is 6.53. The molecular formula is C19H14BrN3O2. The molecule has 0 bridgehead atoms. The summed E-state index contributed by atoms with van der Waals surface area (Å²) in [6.45, 7) is -0.0532. The number of para-hydroxylation sites is 3. The molecule has 0 aliphatic rings. The highest BCUT2D eigenvalue weighted by Gasteiger charge is 2.13. The van der Waals surface area contributed by atoms with Crippen molar-refractivity contribution in [2.75, 3.05) is 5.32 Å². The molecule has 0 saturated carbocycles. The summed E-state index contributed by atoms with van der Waals surface area (Å²) in [5.41, 5.74) is 2.64. The van der Waals surface area contributed by atoms with Gasteiger partial charge in [-0.15, -0.1) is 0 Å². The standard InChI is InChI=1S/C19H14BrN3O2/c20-13-6-1-2-7-14(13)21-18(24)12-23-16-9-4-3-8-15(16)22-11-5-10-17(22)19(23)25/h1-11H,12H2,(H,21,24). The van der Waals surface area contributed by atoms with E-state index in [9.17, 15) is 9.59 Å². The summed E-state index contributed by atoms with van der Waals surface area (Å²) in [6.07, 6.45) is 1.85. The maximum Gasteiger partial charge on any atom is 0.275 e. The number of carbonyl (C=O) groups excluding carboxylic acids is 1. The van der Waals surface area contributed by atoms with Gasteiger partial charge in [-0.3, -0.25) is 14.2 Å². The third-order valence-electron chi connectivity index (χ3n) is 4.09. The first-order chi connectivity index (χ1) is 12.1. The lowest BCUT2D eigenvalue weighted by molar-refractivity contribution is -0.116. The number of halogens is 1. The van der Waals surface area contributed by atoms with Crippen LogP contribution >= 0.6 is 15.9 Å². The summed E-state index contributed by atoms with van der Waals surface area (Å²) < 4.78 is 4.15. The molecule has 1 amide bonds. The van der Waals surface area contributed by atoms with Crippen LogP contribution in [0, 0.1) is 0 Å². The summed E-state index contributed by atoms with van der Waals surface area (Å²) in [5, 5.41) is 2.84. The van der Waals surface area contributed by atoms with E-state index >= 15 is 0 Å². The van der Waals surface area contributed by atoms with Crippen LogP contribution in [0.15, 0.2) is 76.1 Å². The lowest BCUT2D eigenvalue weighted by atomic mass is 10.2. The van der Waals surface area contributed by atoms with E-state index in [0.717, 1.165) is 15.5 Å². The number of anilines is 1. The van der Waals surface area contributed by atoms with Crippen molar-refractivity contribution in [3.05, 3.63) is 81.7 Å². The van der Waals surface area contributed by atoms with Crippen molar-refractivity contribution in [3.63, 3.8) is 0 Å². The van der Waals surface area contributed by atoms with Gasteiger partial charge in [-0.25, -0.2) is 0 Å². The monoisotopic (exact) mass is 395 g/mol. The van der Waals surface area contributed by atoms with E-state index < -0.39 is 0 Å². The first-order valence-electron chi connectivity index (χ1n) is 7.78. The van der Waals surface area contributed by atoms with Crippen LogP contribution in [0.3, 0.4) is 0 Å². The van der Waals surface area contributed by atoms with Crippen LogP contribution in [0.1, 0.15) is 0 Å². The molecule has 0 radical (unpaired) electrons. The topological polar surface area (TPSA) is 55.5 Å². The van der Waals surface area contributed by atoms with Crippen molar-refractivity contribution in [2.45, 2.75) is 6.54 Å². The smallest absolute Gasteiger partial charge is 0.275 e. The van der Waals surface area contributed by atoms with Gasteiger partial charge in [-0.05, 0) is 52.3 Å². The van der Waals surface area contributed by atoms with Crippen molar-refractivity contribution in [1.29, 1.82) is 0 Å². The van der Waals surface area contributed by atoms with E-state index in [4.69, 9.17) is 0 Å². The second-order valence-electron chi connectivity index (χ2n) is 5.67. The molecule has 1 N–H and O–H groups in total. The van der Waals surface area contributed by atoms with Crippen LogP contribution in [0.2, 0.25) is 0 Å². The van der Waals surface area contributed by atoms with Crippen LogP contribution in [-0.2, 0) is 11.3 Å². The second kappa shape index (κ2) is 6.22. The normalized spacial score (nSPS) is 11.1. The number of aromatic nitrogens is 2. The van der Waals surface area contributed by atoms with Gasteiger partial charge < -0.3 is 9.72 Å². The van der Waals surface area contributed by atoms with Crippen LogP contribution in [0.5, 0.6) is 0 Å². The predicted molar refractivity (Wildman–Crippen MR) is 102 cm³/mol. The Bertz CT molecular complexity index is 1160. The van der Waals surface area contributed by atoms with Crippen molar-refractivity contribution in [3.8, 4) is 0 Å². The van der Waals surface area contributed by atoms with E-state index in [0.29, 0.717) is 11.2 Å². The molecule has 2 heterocycles. The number of rotatable bonds is 3. The number of nitrogens with zero attached hydrogens (tertiary/aromatic N) is 2. The van der Waals surface area contributed by atoms with E-state index in [1.165, 1.54) is 4.57 Å². The summed E-state index contributed by atoms with van der Waals surface area (Å²) in [6, 6.07) is 18.5. The third-order valence-corrected chi connectivity index (χ3v) is 4.79. The predicted octanol–water partition coefficient (Wildman–Crippen LogP) is 3.66. The Kier molecular flexibility index (Phi) is 3.89. The Labute approximate surface area is 151 Å². The highest BCUT2D eigenvalue weighted by atomic mass is 79.9. The first-order valence-corrected chi connectivity index (χ1v) is 8.57. The molecule has 124 valence electrons. The quantitative estimate of drug-likeness (QED) is 0.575. The number of hydrogen-bond donors (Lipinski definition) is 1. The van der Waals surface area contributed by atoms with Crippen molar-refractivity contribution in [2.24, 2.45) is 0 Å². The summed E-state index contributed by atoms with van der Waals surface area (Å²) in [4.78, 5) is 25.3. The maximum atomic E-state index is 12.8. The minimum Gasteiger partial charge on any atom is -0.324 e. The van der Waals surface area contributed by atoms with Crippen LogP contribution in [-0.4, -0.2) is 14.9 Å². The van der Waals surface area contributed by atoms with Gasteiger partial charge in [0.15, 0.2) is 0 Å². The molecule has 25 heavy (non-hydrogen) atoms. The van der Waals surface area contributed by atoms with Gasteiger partial charge in [-0.2, -0.15) is 0 Å². The SMILES string of the molecule is O=C(Cn1c(=O)c2cccn2c2ccccc21)Nc1ccccc1Br. The van der Waals surface area contributed by atoms with E-state index in [1.54, 1.807) is 12.1 Å². The molecule has 5 nitrogen and oxygen atoms in total. The molecule has 4 rings (SSSR count). The maximum absolute atomic E-state index is 12.8. The number of fused-ring (bicyclic) bond motifs is 3. The molecule has 2 aromatic carbocycles. The van der Waals surface area contributed by atoms with E-state index in [1.807, 2.05) is 59.1 Å². The summed E-state index contributed by atoms with van der Waals surface area (Å²) in [5.74, 6) is -0.255. The lowest BCUT2D eigenvalue weighted by Gasteiger charge is -2.13. The zero-order chi connectivity index (χ0) is 17.4. The van der Waals surface area contributed by atoms with Gasteiger partial charge in [0.25, 0.3) is 5.56 Å². The lowest BCUT2D eigenvalue weighted by Crippen LogP contribution is -2.29. The molecule has 6 heteroatoms. The number of carbonyl (C=O) groups is 1. The minimum absolute atomic E-state index is 0.0532. The van der Waals surface area contributed by atoms with Crippen molar-refractivity contribution in [1.82, 2.24) is 8.97 Å². The summed E-state index contributed by atoms with van der Waals surface area (Å²) in [7, 11) is 0. The zero-order valence-corrected chi connectivity index (χ0v) is 14.7. The number of hydrogen-bond acceptors (Lipinski definition) is 2. The molecule has 0 spiro atoms. The molecule has 0 unspecified atom stereocenters. The Morgan fingerprint density at radius 1 is 0.920 bits per heavy atom. The molecular weight excluding hydrogens is 382 g/mol. The number of amides is 1. The van der Waals surface area contributed by atoms with Gasteiger partial charge in [0.1, 0.15) is 12.1 Å². The van der Waals surface area contributed by atoms with Crippen molar-refractivity contribution >= 4 is 44.1 Å². The molecule has 0 aliphatic heterocycles. The Hall–Kier alpha value is -2.86. The van der Waals surface area contributed by atoms with Crippen LogP contribution < -0.4 is 10.9 Å². The molecule has 0 atom stereocenters. The molecule has 2 aromatic heterocycles. The Morgan fingerprint density at radius 2 is 1.60 bits per heavy atom. The third kappa shape index (κ3) is 2.74. The Balaban J connectivity index is 1.78. The number of benzene rings is 2. The van der Waals surface area contributed by atoms with Gasteiger partial charge in [-0.1, -0.05) is 24.3 Å². The average molecular weight is 396 g/mol. The van der Waals surface area contributed by atoms with Gasteiger partial charge >= 0.3 is 0 Å². The molecule has 0 saturated heterocycles. The van der Waals surface area contributed by atoms with Crippen molar-refractivity contribution < 1.29 is 4.79 Å².